The quantitative estimate of drug-likeness (QED) is 0.777. The maximum absolute atomic E-state index is 12.7. The second-order valence-corrected chi connectivity index (χ2v) is 5.97. The van der Waals surface area contributed by atoms with Gasteiger partial charge in [-0.25, -0.2) is 4.90 Å². The van der Waals surface area contributed by atoms with E-state index in [1.807, 2.05) is 55.5 Å². The molecule has 2 aromatic rings. The topological polar surface area (TPSA) is 37.4 Å². The van der Waals surface area contributed by atoms with E-state index in [0.29, 0.717) is 5.69 Å². The van der Waals surface area contributed by atoms with Crippen molar-refractivity contribution in [3.05, 3.63) is 64.1 Å². The highest BCUT2D eigenvalue weighted by Crippen LogP contribution is 2.36. The molecule has 4 heteroatoms. The lowest BCUT2D eigenvalue weighted by Crippen LogP contribution is -2.30. The summed E-state index contributed by atoms with van der Waals surface area (Å²) in [6.45, 7) is 1.90. The molecule has 0 aromatic heterocycles. The average Bonchev–Trinajstić information content (AvgIpc) is 2.78. The summed E-state index contributed by atoms with van der Waals surface area (Å²) in [4.78, 5) is 26.3. The Kier molecular flexibility index (Phi) is 3.64. The predicted molar refractivity (Wildman–Crippen MR) is 85.2 cm³/mol. The standard InChI is InChI=1S/C17H14BrNO2/c1-11-14(18)8-5-9-15(11)19-16(20)10-13(17(19)21)12-6-3-2-4-7-12/h2-9,13H,10H2,1H3. The maximum Gasteiger partial charge on any atom is 0.241 e. The number of nitrogens with zero attached hydrogens (tertiary/aromatic N) is 1. The molecule has 0 radical (unpaired) electrons. The van der Waals surface area contributed by atoms with Gasteiger partial charge in [0, 0.05) is 10.9 Å². The molecule has 2 aromatic carbocycles. The molecule has 1 aliphatic rings. The Morgan fingerprint density at radius 3 is 2.48 bits per heavy atom. The first kappa shape index (κ1) is 14.0. The zero-order valence-electron chi connectivity index (χ0n) is 11.5. The summed E-state index contributed by atoms with van der Waals surface area (Å²) in [6.07, 6.45) is 0.231. The van der Waals surface area contributed by atoms with Crippen LogP contribution < -0.4 is 4.90 Å². The van der Waals surface area contributed by atoms with Gasteiger partial charge < -0.3 is 0 Å². The van der Waals surface area contributed by atoms with Gasteiger partial charge in [0.1, 0.15) is 0 Å². The number of rotatable bonds is 2. The van der Waals surface area contributed by atoms with Gasteiger partial charge in [-0.3, -0.25) is 9.59 Å². The van der Waals surface area contributed by atoms with Crippen molar-refractivity contribution in [1.82, 2.24) is 0 Å². The number of anilines is 1. The van der Waals surface area contributed by atoms with E-state index >= 15 is 0 Å². The van der Waals surface area contributed by atoms with Gasteiger partial charge >= 0.3 is 0 Å². The fourth-order valence-corrected chi connectivity index (χ4v) is 3.02. The van der Waals surface area contributed by atoms with Gasteiger partial charge in [-0.2, -0.15) is 0 Å². The van der Waals surface area contributed by atoms with Gasteiger partial charge in [0.05, 0.1) is 11.6 Å². The van der Waals surface area contributed by atoms with Crippen LogP contribution >= 0.6 is 15.9 Å². The molecule has 1 fully saturated rings. The summed E-state index contributed by atoms with van der Waals surface area (Å²) in [7, 11) is 0. The van der Waals surface area contributed by atoms with E-state index in [1.165, 1.54) is 4.90 Å². The van der Waals surface area contributed by atoms with Crippen LogP contribution in [0.3, 0.4) is 0 Å². The molecule has 1 atom stereocenters. The Labute approximate surface area is 131 Å². The lowest BCUT2D eigenvalue weighted by atomic mass is 9.98. The minimum absolute atomic E-state index is 0.143. The zero-order valence-corrected chi connectivity index (χ0v) is 13.1. The van der Waals surface area contributed by atoms with E-state index in [-0.39, 0.29) is 24.2 Å². The number of benzene rings is 2. The van der Waals surface area contributed by atoms with Crippen LogP contribution in [0.15, 0.2) is 53.0 Å². The summed E-state index contributed by atoms with van der Waals surface area (Å²) in [5, 5.41) is 0. The predicted octanol–water partition coefficient (Wildman–Crippen LogP) is 3.80. The second kappa shape index (κ2) is 5.45. The second-order valence-electron chi connectivity index (χ2n) is 5.12. The number of hydrogen-bond donors (Lipinski definition) is 0. The first-order chi connectivity index (χ1) is 10.1. The molecule has 0 saturated carbocycles. The largest absolute Gasteiger partial charge is 0.274 e. The van der Waals surface area contributed by atoms with Crippen LogP contribution in [0.1, 0.15) is 23.5 Å². The molecule has 2 amide bonds. The number of amides is 2. The Balaban J connectivity index is 2.00. The number of carbonyl (C=O) groups is 2. The normalized spacial score (nSPS) is 18.4. The molecule has 3 rings (SSSR count). The van der Waals surface area contributed by atoms with Crippen LogP contribution in [0, 0.1) is 6.92 Å². The third-order valence-electron chi connectivity index (χ3n) is 3.83. The highest BCUT2D eigenvalue weighted by Gasteiger charge is 2.40. The van der Waals surface area contributed by atoms with Crippen LogP contribution in [0.4, 0.5) is 5.69 Å². The van der Waals surface area contributed by atoms with Crippen LogP contribution in [0.5, 0.6) is 0 Å². The number of carbonyl (C=O) groups excluding carboxylic acids is 2. The van der Waals surface area contributed by atoms with E-state index in [4.69, 9.17) is 0 Å². The van der Waals surface area contributed by atoms with Gasteiger partial charge in [0.15, 0.2) is 0 Å². The van der Waals surface area contributed by atoms with E-state index in [9.17, 15) is 9.59 Å². The molecule has 1 unspecified atom stereocenters. The lowest BCUT2D eigenvalue weighted by Gasteiger charge is -2.18. The third-order valence-corrected chi connectivity index (χ3v) is 4.69. The van der Waals surface area contributed by atoms with Crippen LogP contribution in [0.2, 0.25) is 0 Å². The minimum Gasteiger partial charge on any atom is -0.274 e. The molecule has 3 nitrogen and oxygen atoms in total. The van der Waals surface area contributed by atoms with Crippen molar-refractivity contribution in [2.75, 3.05) is 4.90 Å². The summed E-state index contributed by atoms with van der Waals surface area (Å²) in [6, 6.07) is 15.0. The molecule has 0 bridgehead atoms. The van der Waals surface area contributed by atoms with E-state index in [0.717, 1.165) is 15.6 Å². The highest BCUT2D eigenvalue weighted by atomic mass is 79.9. The molecule has 0 aliphatic carbocycles. The van der Waals surface area contributed by atoms with Gasteiger partial charge in [0.2, 0.25) is 11.8 Å². The fraction of sp³-hybridized carbons (Fsp3) is 0.176. The Morgan fingerprint density at radius 1 is 1.05 bits per heavy atom. The number of imide groups is 1. The van der Waals surface area contributed by atoms with Crippen molar-refractivity contribution in [3.63, 3.8) is 0 Å². The van der Waals surface area contributed by atoms with E-state index in [2.05, 4.69) is 15.9 Å². The first-order valence-electron chi connectivity index (χ1n) is 6.76. The molecular formula is C17H14BrNO2. The Hall–Kier alpha value is -1.94. The van der Waals surface area contributed by atoms with E-state index < -0.39 is 0 Å². The highest BCUT2D eigenvalue weighted by molar-refractivity contribution is 9.10. The van der Waals surface area contributed by atoms with Crippen molar-refractivity contribution in [2.24, 2.45) is 0 Å². The van der Waals surface area contributed by atoms with Crippen molar-refractivity contribution in [2.45, 2.75) is 19.3 Å². The van der Waals surface area contributed by atoms with Gasteiger partial charge in [0.25, 0.3) is 0 Å². The van der Waals surface area contributed by atoms with Crippen molar-refractivity contribution < 1.29 is 9.59 Å². The zero-order chi connectivity index (χ0) is 15.0. The maximum atomic E-state index is 12.7. The first-order valence-corrected chi connectivity index (χ1v) is 7.55. The van der Waals surface area contributed by atoms with Crippen LogP contribution in [0.25, 0.3) is 0 Å². The fourth-order valence-electron chi connectivity index (χ4n) is 2.67. The molecular weight excluding hydrogens is 330 g/mol. The molecule has 106 valence electrons. The molecule has 1 saturated heterocycles. The van der Waals surface area contributed by atoms with Gasteiger partial charge in [-0.15, -0.1) is 0 Å². The smallest absolute Gasteiger partial charge is 0.241 e. The molecule has 1 heterocycles. The van der Waals surface area contributed by atoms with Gasteiger partial charge in [-0.1, -0.05) is 52.3 Å². The SMILES string of the molecule is Cc1c(Br)cccc1N1C(=O)CC(c2ccccc2)C1=O. The molecule has 21 heavy (non-hydrogen) atoms. The molecule has 0 spiro atoms. The van der Waals surface area contributed by atoms with E-state index in [1.54, 1.807) is 0 Å². The van der Waals surface area contributed by atoms with Crippen molar-refractivity contribution in [3.8, 4) is 0 Å². The lowest BCUT2D eigenvalue weighted by molar-refractivity contribution is -0.121. The average molecular weight is 344 g/mol. The third kappa shape index (κ3) is 2.40. The molecule has 0 N–H and O–H groups in total. The minimum atomic E-state index is -0.378. The van der Waals surface area contributed by atoms with Crippen LogP contribution in [-0.4, -0.2) is 11.8 Å². The van der Waals surface area contributed by atoms with Crippen LogP contribution in [-0.2, 0) is 9.59 Å². The monoisotopic (exact) mass is 343 g/mol. The van der Waals surface area contributed by atoms with Crippen molar-refractivity contribution >= 4 is 33.4 Å². The Morgan fingerprint density at radius 2 is 1.76 bits per heavy atom. The summed E-state index contributed by atoms with van der Waals surface area (Å²) >= 11 is 3.44. The number of halogens is 1. The Bertz CT molecular complexity index is 712. The van der Waals surface area contributed by atoms with Crippen molar-refractivity contribution in [1.29, 1.82) is 0 Å². The summed E-state index contributed by atoms with van der Waals surface area (Å²) < 4.78 is 0.892. The summed E-state index contributed by atoms with van der Waals surface area (Å²) in [5.41, 5.74) is 2.46. The summed E-state index contributed by atoms with van der Waals surface area (Å²) in [5.74, 6) is -0.667. The van der Waals surface area contributed by atoms with Gasteiger partial charge in [-0.05, 0) is 30.2 Å². The number of hydrogen-bond acceptors (Lipinski definition) is 2. The molecule has 1 aliphatic heterocycles.